The van der Waals surface area contributed by atoms with Crippen molar-refractivity contribution in [3.8, 4) is 0 Å². The smallest absolute Gasteiger partial charge is 0.218 e. The highest BCUT2D eigenvalue weighted by Gasteiger charge is 2.16. The van der Waals surface area contributed by atoms with Crippen LogP contribution in [0.3, 0.4) is 0 Å². The van der Waals surface area contributed by atoms with Crippen LogP contribution in [0, 0.1) is 0 Å². The lowest BCUT2D eigenvalue weighted by Gasteiger charge is -2.11. The molecule has 0 aromatic rings. The van der Waals surface area contributed by atoms with Crippen LogP contribution >= 0.6 is 23.2 Å². The van der Waals surface area contributed by atoms with E-state index in [9.17, 15) is 0 Å². The number of alkyl halides is 1. The number of hydrogen-bond acceptors (Lipinski definition) is 3. The number of hydrogen-bond donors (Lipinski definition) is 1. The molecule has 1 atom stereocenters. The fourth-order valence-corrected chi connectivity index (χ4v) is 0.943. The van der Waals surface area contributed by atoms with Gasteiger partial charge in [0.2, 0.25) is 5.96 Å². The Morgan fingerprint density at radius 1 is 1.60 bits per heavy atom. The largest absolute Gasteiger partial charge is 0.368 e. The fraction of sp³-hybridized carbons (Fsp3) is 0.200. The van der Waals surface area contributed by atoms with Gasteiger partial charge in [-0.1, -0.05) is 29.8 Å². The molecular formula is C5H5Cl2N3. The van der Waals surface area contributed by atoms with Gasteiger partial charge in [-0.3, -0.25) is 0 Å². The zero-order valence-electron chi connectivity index (χ0n) is 5.01. The third-order valence-electron chi connectivity index (χ3n) is 1.01. The third-order valence-corrected chi connectivity index (χ3v) is 1.70. The highest BCUT2D eigenvalue weighted by Crippen LogP contribution is 2.17. The van der Waals surface area contributed by atoms with E-state index in [1.165, 1.54) is 0 Å². The van der Waals surface area contributed by atoms with Gasteiger partial charge in [0.25, 0.3) is 0 Å². The van der Waals surface area contributed by atoms with E-state index in [2.05, 4.69) is 16.6 Å². The van der Waals surface area contributed by atoms with Crippen molar-refractivity contribution in [2.45, 2.75) is 5.50 Å². The summed E-state index contributed by atoms with van der Waals surface area (Å²) in [6.45, 7) is 3.55. The molecule has 0 aromatic carbocycles. The molecule has 1 aliphatic rings. The molecule has 54 valence electrons. The van der Waals surface area contributed by atoms with Crippen LogP contribution in [0.1, 0.15) is 0 Å². The van der Waals surface area contributed by atoms with Crippen LogP contribution in [-0.4, -0.2) is 16.6 Å². The summed E-state index contributed by atoms with van der Waals surface area (Å²) in [4.78, 5) is 7.34. The second kappa shape index (κ2) is 2.60. The van der Waals surface area contributed by atoms with E-state index in [1.54, 1.807) is 0 Å². The van der Waals surface area contributed by atoms with E-state index < -0.39 is 5.50 Å². The van der Waals surface area contributed by atoms with Gasteiger partial charge in [-0.25, -0.2) is 9.98 Å². The van der Waals surface area contributed by atoms with Crippen molar-refractivity contribution in [3.05, 3.63) is 12.2 Å². The van der Waals surface area contributed by atoms with Crippen LogP contribution in [0.5, 0.6) is 0 Å². The zero-order valence-corrected chi connectivity index (χ0v) is 6.52. The number of rotatable bonds is 0. The molecule has 10 heavy (non-hydrogen) atoms. The lowest BCUT2D eigenvalue weighted by Crippen LogP contribution is -2.21. The molecular weight excluding hydrogens is 173 g/mol. The summed E-state index contributed by atoms with van der Waals surface area (Å²) < 4.78 is 0. The summed E-state index contributed by atoms with van der Waals surface area (Å²) in [5, 5.41) is 0.229. The summed E-state index contributed by atoms with van der Waals surface area (Å²) in [5.41, 5.74) is 5.15. The minimum Gasteiger partial charge on any atom is -0.368 e. The average Bonchev–Trinajstić information content (AvgIpc) is 1.82. The minimum atomic E-state index is -0.565. The second-order valence-electron chi connectivity index (χ2n) is 1.75. The highest BCUT2D eigenvalue weighted by atomic mass is 35.5. The Bertz CT molecular complexity index is 231. The summed E-state index contributed by atoms with van der Waals surface area (Å²) in [7, 11) is 0. The van der Waals surface area contributed by atoms with E-state index in [0.717, 1.165) is 0 Å². The molecule has 0 aliphatic carbocycles. The van der Waals surface area contributed by atoms with E-state index in [4.69, 9.17) is 28.9 Å². The maximum atomic E-state index is 5.62. The number of guanidine groups is 1. The molecule has 0 amide bonds. The van der Waals surface area contributed by atoms with E-state index >= 15 is 0 Å². The van der Waals surface area contributed by atoms with Crippen LogP contribution in [-0.2, 0) is 0 Å². The Morgan fingerprint density at radius 2 is 2.20 bits per heavy atom. The molecule has 1 unspecified atom stereocenters. The van der Waals surface area contributed by atoms with Gasteiger partial charge in [-0.05, 0) is 0 Å². The van der Waals surface area contributed by atoms with Gasteiger partial charge in [0, 0.05) is 5.57 Å². The Labute approximate surface area is 68.2 Å². The first-order valence-corrected chi connectivity index (χ1v) is 3.33. The molecule has 0 aromatic heterocycles. The normalized spacial score (nSPS) is 25.8. The summed E-state index contributed by atoms with van der Waals surface area (Å²) in [6.07, 6.45) is 0. The average molecular weight is 178 g/mol. The van der Waals surface area contributed by atoms with Crippen LogP contribution in [0.15, 0.2) is 22.1 Å². The first-order chi connectivity index (χ1) is 4.61. The monoisotopic (exact) mass is 177 g/mol. The highest BCUT2D eigenvalue weighted by molar-refractivity contribution is 6.71. The predicted octanol–water partition coefficient (Wildman–Crippen LogP) is 1.07. The van der Waals surface area contributed by atoms with Gasteiger partial charge >= 0.3 is 0 Å². The number of nitrogens with two attached hydrogens (primary N) is 1. The van der Waals surface area contributed by atoms with E-state index in [1.807, 2.05) is 0 Å². The molecule has 0 bridgehead atoms. The SMILES string of the molecule is C=C1C(Cl)=NC(N)=NC1Cl. The van der Waals surface area contributed by atoms with Crippen molar-refractivity contribution < 1.29 is 0 Å². The van der Waals surface area contributed by atoms with Gasteiger partial charge in [0.1, 0.15) is 5.17 Å². The molecule has 1 rings (SSSR count). The second-order valence-corrected chi connectivity index (χ2v) is 2.52. The first-order valence-electron chi connectivity index (χ1n) is 2.52. The Kier molecular flexibility index (Phi) is 1.97. The third kappa shape index (κ3) is 1.30. The van der Waals surface area contributed by atoms with Crippen LogP contribution < -0.4 is 5.73 Å². The number of aliphatic imine (C=N–C) groups is 2. The van der Waals surface area contributed by atoms with Crippen molar-refractivity contribution in [2.75, 3.05) is 0 Å². The Balaban J connectivity index is 2.95. The fourth-order valence-electron chi connectivity index (χ4n) is 0.494. The maximum absolute atomic E-state index is 5.62. The van der Waals surface area contributed by atoms with E-state index in [-0.39, 0.29) is 11.1 Å². The molecule has 0 spiro atoms. The molecule has 3 nitrogen and oxygen atoms in total. The molecule has 2 N–H and O–H groups in total. The van der Waals surface area contributed by atoms with Gasteiger partial charge in [0.05, 0.1) is 0 Å². The lowest BCUT2D eigenvalue weighted by molar-refractivity contribution is 1.08. The summed E-state index contributed by atoms with van der Waals surface area (Å²) in [6, 6.07) is 0. The molecule has 1 aliphatic heterocycles. The van der Waals surface area contributed by atoms with Gasteiger partial charge in [-0.2, -0.15) is 0 Å². The predicted molar refractivity (Wildman–Crippen MR) is 43.7 cm³/mol. The van der Waals surface area contributed by atoms with Gasteiger partial charge in [0.15, 0.2) is 5.50 Å². The van der Waals surface area contributed by atoms with Crippen molar-refractivity contribution in [1.29, 1.82) is 0 Å². The lowest BCUT2D eigenvalue weighted by atomic mass is 10.3. The van der Waals surface area contributed by atoms with E-state index in [0.29, 0.717) is 5.57 Å². The molecule has 0 saturated carbocycles. The molecule has 0 fully saturated rings. The first kappa shape index (κ1) is 7.57. The standard InChI is InChI=1S/C5H5Cl2N3/c1-2-3(6)9-5(8)10-4(2)7/h3H,1H2,(H2,8,9). The molecule has 5 heteroatoms. The summed E-state index contributed by atoms with van der Waals surface area (Å²) >= 11 is 11.2. The van der Waals surface area contributed by atoms with Crippen LogP contribution in [0.2, 0.25) is 0 Å². The van der Waals surface area contributed by atoms with Crippen LogP contribution in [0.4, 0.5) is 0 Å². The quantitative estimate of drug-likeness (QED) is 0.437. The number of halogens is 2. The topological polar surface area (TPSA) is 50.7 Å². The number of nitrogens with zero attached hydrogens (tertiary/aromatic N) is 2. The molecule has 0 radical (unpaired) electrons. The van der Waals surface area contributed by atoms with Gasteiger partial charge in [-0.15, -0.1) is 0 Å². The van der Waals surface area contributed by atoms with Gasteiger partial charge < -0.3 is 5.73 Å². The van der Waals surface area contributed by atoms with Crippen molar-refractivity contribution in [1.82, 2.24) is 0 Å². The Morgan fingerprint density at radius 3 is 2.70 bits per heavy atom. The molecule has 1 heterocycles. The van der Waals surface area contributed by atoms with Crippen molar-refractivity contribution in [3.63, 3.8) is 0 Å². The summed E-state index contributed by atoms with van der Waals surface area (Å²) in [5.74, 6) is 0.0948. The van der Waals surface area contributed by atoms with Crippen molar-refractivity contribution >= 4 is 34.3 Å². The maximum Gasteiger partial charge on any atom is 0.218 e. The zero-order chi connectivity index (χ0) is 7.72. The Hall–Kier alpha value is -0.540. The van der Waals surface area contributed by atoms with Crippen molar-refractivity contribution in [2.24, 2.45) is 15.7 Å². The molecule has 0 saturated heterocycles. The van der Waals surface area contributed by atoms with Crippen LogP contribution in [0.25, 0.3) is 0 Å². The minimum absolute atomic E-state index is 0.0948.